The maximum Gasteiger partial charge on any atom is 0.0750 e. The van der Waals surface area contributed by atoms with Crippen molar-refractivity contribution in [3.8, 4) is 0 Å². The number of piperidine rings is 1. The highest BCUT2D eigenvalue weighted by atomic mass is 16.5. The van der Waals surface area contributed by atoms with E-state index >= 15 is 0 Å². The Morgan fingerprint density at radius 1 is 1.30 bits per heavy atom. The maximum absolute atomic E-state index is 5.95. The second-order valence-corrected chi connectivity index (χ2v) is 5.49. The molecule has 1 aliphatic heterocycles. The van der Waals surface area contributed by atoms with Gasteiger partial charge in [0.2, 0.25) is 0 Å². The Morgan fingerprint density at radius 3 is 2.95 bits per heavy atom. The van der Waals surface area contributed by atoms with Crippen molar-refractivity contribution >= 4 is 5.69 Å². The first-order valence-corrected chi connectivity index (χ1v) is 8.00. The first-order chi connectivity index (χ1) is 9.85. The lowest BCUT2D eigenvalue weighted by atomic mass is 10.0. The number of nitrogens with zero attached hydrogens (tertiary/aromatic N) is 1. The summed E-state index contributed by atoms with van der Waals surface area (Å²) in [7, 11) is 0. The Labute approximate surface area is 123 Å². The number of hydrogen-bond acceptors (Lipinski definition) is 3. The molecule has 3 nitrogen and oxygen atoms in total. The third-order valence-electron chi connectivity index (χ3n) is 3.83. The lowest BCUT2D eigenvalue weighted by molar-refractivity contribution is 0.0440. The molecule has 1 aliphatic rings. The summed E-state index contributed by atoms with van der Waals surface area (Å²) in [6.07, 6.45) is 3.93. The minimum atomic E-state index is 0.399. The minimum Gasteiger partial charge on any atom is -0.376 e. The van der Waals surface area contributed by atoms with Gasteiger partial charge in [0.05, 0.1) is 6.10 Å². The summed E-state index contributed by atoms with van der Waals surface area (Å²) in [6, 6.07) is 8.75. The topological polar surface area (TPSA) is 24.5 Å². The van der Waals surface area contributed by atoms with Crippen molar-refractivity contribution in [3.05, 3.63) is 29.8 Å². The van der Waals surface area contributed by atoms with E-state index in [1.165, 1.54) is 24.1 Å². The largest absolute Gasteiger partial charge is 0.376 e. The molecule has 0 amide bonds. The molecule has 0 radical (unpaired) electrons. The fourth-order valence-corrected chi connectivity index (χ4v) is 2.81. The van der Waals surface area contributed by atoms with Gasteiger partial charge in [0.25, 0.3) is 0 Å². The Hall–Kier alpha value is -1.06. The summed E-state index contributed by atoms with van der Waals surface area (Å²) < 4.78 is 5.95. The van der Waals surface area contributed by atoms with Gasteiger partial charge in [0, 0.05) is 31.9 Å². The first kappa shape index (κ1) is 15.3. The molecule has 2 rings (SSSR count). The molecule has 0 bridgehead atoms. The quantitative estimate of drug-likeness (QED) is 0.828. The van der Waals surface area contributed by atoms with Crippen LogP contribution in [0, 0.1) is 0 Å². The molecule has 1 saturated heterocycles. The van der Waals surface area contributed by atoms with Crippen molar-refractivity contribution in [1.29, 1.82) is 0 Å². The molecule has 1 aromatic rings. The summed E-state index contributed by atoms with van der Waals surface area (Å²) in [5.41, 5.74) is 2.77. The molecule has 0 aromatic heterocycles. The monoisotopic (exact) mass is 276 g/mol. The van der Waals surface area contributed by atoms with E-state index in [-0.39, 0.29) is 0 Å². The van der Waals surface area contributed by atoms with Crippen molar-refractivity contribution in [2.24, 2.45) is 0 Å². The molecule has 0 spiro atoms. The zero-order valence-corrected chi connectivity index (χ0v) is 12.9. The Kier molecular flexibility index (Phi) is 6.34. The Bertz CT molecular complexity index is 394. The van der Waals surface area contributed by atoms with Crippen molar-refractivity contribution < 1.29 is 4.74 Å². The summed E-state index contributed by atoms with van der Waals surface area (Å²) in [5, 5.41) is 3.43. The average molecular weight is 276 g/mol. The molecule has 1 N–H and O–H groups in total. The summed E-state index contributed by atoms with van der Waals surface area (Å²) >= 11 is 0. The van der Waals surface area contributed by atoms with E-state index in [0.29, 0.717) is 6.10 Å². The number of rotatable bonds is 7. The van der Waals surface area contributed by atoms with Crippen LogP contribution in [0.4, 0.5) is 5.69 Å². The molecule has 1 atom stereocenters. The summed E-state index contributed by atoms with van der Waals surface area (Å²) in [4.78, 5) is 2.50. The van der Waals surface area contributed by atoms with Crippen LogP contribution in [0.3, 0.4) is 0 Å². The molecule has 1 heterocycles. The van der Waals surface area contributed by atoms with Crippen LogP contribution in [0.15, 0.2) is 24.3 Å². The lowest BCUT2D eigenvalue weighted by Gasteiger charge is -2.35. The van der Waals surface area contributed by atoms with Crippen molar-refractivity contribution in [1.82, 2.24) is 5.32 Å². The predicted molar refractivity (Wildman–Crippen MR) is 85.3 cm³/mol. The van der Waals surface area contributed by atoms with Gasteiger partial charge in [-0.3, -0.25) is 0 Å². The molecule has 112 valence electrons. The maximum atomic E-state index is 5.95. The molecule has 1 unspecified atom stereocenters. The van der Waals surface area contributed by atoms with Gasteiger partial charge in [-0.1, -0.05) is 32.0 Å². The van der Waals surface area contributed by atoms with Crippen molar-refractivity contribution in [2.45, 2.75) is 45.8 Å². The van der Waals surface area contributed by atoms with Gasteiger partial charge >= 0.3 is 0 Å². The number of ether oxygens (including phenoxy) is 1. The predicted octanol–water partition coefficient (Wildman–Crippen LogP) is 3.19. The second kappa shape index (κ2) is 8.28. The van der Waals surface area contributed by atoms with Gasteiger partial charge in [-0.05, 0) is 37.4 Å². The zero-order valence-electron chi connectivity index (χ0n) is 12.9. The summed E-state index contributed by atoms with van der Waals surface area (Å²) in [6.45, 7) is 9.35. The third-order valence-corrected chi connectivity index (χ3v) is 3.83. The van der Waals surface area contributed by atoms with Gasteiger partial charge in [0.1, 0.15) is 0 Å². The van der Waals surface area contributed by atoms with Gasteiger partial charge in [0.15, 0.2) is 0 Å². The van der Waals surface area contributed by atoms with Gasteiger partial charge in [-0.25, -0.2) is 0 Å². The molecule has 1 fully saturated rings. The Balaban J connectivity index is 2.02. The van der Waals surface area contributed by atoms with Crippen LogP contribution in [0.5, 0.6) is 0 Å². The molecule has 0 saturated carbocycles. The van der Waals surface area contributed by atoms with E-state index < -0.39 is 0 Å². The molecule has 1 aromatic carbocycles. The van der Waals surface area contributed by atoms with Crippen LogP contribution >= 0.6 is 0 Å². The highest BCUT2D eigenvalue weighted by molar-refractivity contribution is 5.54. The molecule has 0 aliphatic carbocycles. The smallest absolute Gasteiger partial charge is 0.0750 e. The number of para-hydroxylation sites is 1. The number of nitrogens with one attached hydrogen (secondary N) is 1. The fraction of sp³-hybridized carbons (Fsp3) is 0.647. The van der Waals surface area contributed by atoms with E-state index in [1.807, 2.05) is 0 Å². The summed E-state index contributed by atoms with van der Waals surface area (Å²) in [5.74, 6) is 0. The van der Waals surface area contributed by atoms with Crippen LogP contribution in [-0.2, 0) is 11.3 Å². The number of anilines is 1. The third kappa shape index (κ3) is 4.22. The van der Waals surface area contributed by atoms with E-state index in [0.717, 1.165) is 39.2 Å². The van der Waals surface area contributed by atoms with Crippen molar-refractivity contribution in [2.75, 3.05) is 31.1 Å². The van der Waals surface area contributed by atoms with Crippen LogP contribution in [0.1, 0.15) is 38.7 Å². The second-order valence-electron chi connectivity index (χ2n) is 5.49. The van der Waals surface area contributed by atoms with E-state index in [1.54, 1.807) is 0 Å². The van der Waals surface area contributed by atoms with E-state index in [2.05, 4.69) is 48.3 Å². The molecule has 20 heavy (non-hydrogen) atoms. The van der Waals surface area contributed by atoms with Crippen LogP contribution in [-0.4, -0.2) is 32.3 Å². The highest BCUT2D eigenvalue weighted by Crippen LogP contribution is 2.25. The highest BCUT2D eigenvalue weighted by Gasteiger charge is 2.21. The normalized spacial score (nSPS) is 19.3. The number of benzene rings is 1. The minimum absolute atomic E-state index is 0.399. The molecule has 3 heteroatoms. The Morgan fingerprint density at radius 2 is 2.15 bits per heavy atom. The van der Waals surface area contributed by atoms with Gasteiger partial charge in [-0.2, -0.15) is 0 Å². The van der Waals surface area contributed by atoms with Crippen molar-refractivity contribution in [3.63, 3.8) is 0 Å². The van der Waals surface area contributed by atoms with Gasteiger partial charge < -0.3 is 15.0 Å². The average Bonchev–Trinajstić information content (AvgIpc) is 2.51. The van der Waals surface area contributed by atoms with Crippen LogP contribution in [0.2, 0.25) is 0 Å². The SMILES string of the molecule is CCCOC1CCCN(c2ccccc2CNCC)C1. The first-order valence-electron chi connectivity index (χ1n) is 8.00. The van der Waals surface area contributed by atoms with Crippen LogP contribution < -0.4 is 10.2 Å². The fourth-order valence-electron chi connectivity index (χ4n) is 2.81. The van der Waals surface area contributed by atoms with E-state index in [4.69, 9.17) is 4.74 Å². The number of hydrogen-bond donors (Lipinski definition) is 1. The molecular formula is C17H28N2O. The molecular weight excluding hydrogens is 248 g/mol. The standard InChI is InChI=1S/C17H28N2O/c1-3-12-20-16-9-7-11-19(14-16)17-10-6-5-8-15(17)13-18-4-2/h5-6,8,10,16,18H,3-4,7,9,11-14H2,1-2H3. The van der Waals surface area contributed by atoms with Crippen LogP contribution in [0.25, 0.3) is 0 Å². The lowest BCUT2D eigenvalue weighted by Crippen LogP contribution is -2.40. The zero-order chi connectivity index (χ0) is 14.2. The van der Waals surface area contributed by atoms with Gasteiger partial charge in [-0.15, -0.1) is 0 Å². The van der Waals surface area contributed by atoms with E-state index in [9.17, 15) is 0 Å².